The Kier molecular flexibility index (Phi) is 9.28. The summed E-state index contributed by atoms with van der Waals surface area (Å²) in [5, 5.41) is 0. The van der Waals surface area contributed by atoms with E-state index in [1.807, 2.05) is 13.8 Å². The molecule has 0 aliphatic heterocycles. The fourth-order valence-electron chi connectivity index (χ4n) is 1.36. The van der Waals surface area contributed by atoms with E-state index >= 15 is 0 Å². The molecule has 0 bridgehead atoms. The van der Waals surface area contributed by atoms with Crippen LogP contribution >= 0.6 is 7.82 Å². The van der Waals surface area contributed by atoms with Crippen molar-refractivity contribution >= 4 is 25.4 Å². The third kappa shape index (κ3) is 13.7. The summed E-state index contributed by atoms with van der Waals surface area (Å²) < 4.78 is 18.3. The predicted octanol–water partition coefficient (Wildman–Crippen LogP) is -0.270. The van der Waals surface area contributed by atoms with Gasteiger partial charge in [-0.05, 0) is 12.3 Å². The highest BCUT2D eigenvalue weighted by molar-refractivity contribution is 7.43. The number of carbonyl (C=O) groups excluding carboxylic acids is 3. The van der Waals surface area contributed by atoms with Gasteiger partial charge in [-0.2, -0.15) is 0 Å². The molecule has 21 heavy (non-hydrogen) atoms. The predicted molar refractivity (Wildman–Crippen MR) is 67.8 cm³/mol. The van der Waals surface area contributed by atoms with Crippen molar-refractivity contribution in [2.75, 3.05) is 13.2 Å². The van der Waals surface area contributed by atoms with Gasteiger partial charge in [0.15, 0.2) is 12.4 Å². The van der Waals surface area contributed by atoms with Crippen LogP contribution < -0.4 is 9.79 Å². The quantitative estimate of drug-likeness (QED) is 0.288. The number of hydrogen-bond acceptors (Lipinski definition) is 8. The second-order valence-corrected chi connectivity index (χ2v) is 6.07. The summed E-state index contributed by atoms with van der Waals surface area (Å²) in [7, 11) is -5.23. The van der Waals surface area contributed by atoms with Gasteiger partial charge >= 0.3 is 5.97 Å². The zero-order valence-corrected chi connectivity index (χ0v) is 12.9. The van der Waals surface area contributed by atoms with Crippen LogP contribution in [0.15, 0.2) is 0 Å². The minimum Gasteiger partial charge on any atom is -0.790 e. The summed E-state index contributed by atoms with van der Waals surface area (Å²) in [4.78, 5) is 53.9. The number of Topliss-reactive ketones (excluding diaryl/α,β-unsaturated/α-hetero) is 2. The van der Waals surface area contributed by atoms with Crippen LogP contribution in [-0.2, 0) is 28.2 Å². The molecule has 0 unspecified atom stereocenters. The maximum absolute atomic E-state index is 11.4. The smallest absolute Gasteiger partial charge is 0.313 e. The molecule has 0 N–H and O–H groups in total. The molecule has 0 aromatic rings. The fraction of sp³-hybridized carbons (Fsp3) is 0.750. The lowest BCUT2D eigenvalue weighted by atomic mass is 10.0. The number of ketones is 2. The molecule has 0 fully saturated rings. The highest BCUT2D eigenvalue weighted by atomic mass is 31.2. The van der Waals surface area contributed by atoms with Crippen LogP contribution in [0.3, 0.4) is 0 Å². The topological polar surface area (TPSA) is 133 Å². The Morgan fingerprint density at radius 3 is 2.24 bits per heavy atom. The minimum absolute atomic E-state index is 0.264. The van der Waals surface area contributed by atoms with Crippen LogP contribution in [0.2, 0.25) is 0 Å². The maximum Gasteiger partial charge on any atom is 0.313 e. The fourth-order valence-corrected chi connectivity index (χ4v) is 1.66. The second kappa shape index (κ2) is 9.78. The lowest BCUT2D eigenvalue weighted by Crippen LogP contribution is -2.23. The zero-order chi connectivity index (χ0) is 16.5. The Morgan fingerprint density at radius 2 is 1.71 bits per heavy atom. The van der Waals surface area contributed by atoms with Crippen LogP contribution in [0.1, 0.15) is 39.5 Å². The molecule has 9 heteroatoms. The molecule has 0 aliphatic rings. The Labute approximate surface area is 123 Å². The van der Waals surface area contributed by atoms with Crippen molar-refractivity contribution < 1.29 is 38.0 Å². The van der Waals surface area contributed by atoms with Gasteiger partial charge in [-0.1, -0.05) is 20.3 Å². The Bertz CT molecular complexity index is 411. The van der Waals surface area contributed by atoms with Crippen molar-refractivity contribution in [3.8, 4) is 0 Å². The molecule has 122 valence electrons. The van der Waals surface area contributed by atoms with Gasteiger partial charge < -0.3 is 23.6 Å². The van der Waals surface area contributed by atoms with Gasteiger partial charge in [0.05, 0.1) is 7.82 Å². The van der Waals surface area contributed by atoms with E-state index in [1.54, 1.807) is 0 Å². The molecule has 8 nitrogen and oxygen atoms in total. The first-order chi connectivity index (χ1) is 9.60. The van der Waals surface area contributed by atoms with Crippen LogP contribution in [-0.4, -0.2) is 30.7 Å². The van der Waals surface area contributed by atoms with Gasteiger partial charge in [-0.15, -0.1) is 0 Å². The van der Waals surface area contributed by atoms with Gasteiger partial charge in [0, 0.05) is 6.42 Å². The van der Waals surface area contributed by atoms with Gasteiger partial charge in [-0.3, -0.25) is 14.4 Å². The van der Waals surface area contributed by atoms with E-state index in [2.05, 4.69) is 9.26 Å². The minimum atomic E-state index is -5.23. The first-order valence-electron chi connectivity index (χ1n) is 6.45. The highest BCUT2D eigenvalue weighted by Crippen LogP contribution is 2.23. The van der Waals surface area contributed by atoms with Gasteiger partial charge in [-0.25, -0.2) is 0 Å². The molecular formula is C12H19O8P-2. The van der Waals surface area contributed by atoms with E-state index in [0.717, 1.165) is 6.42 Å². The summed E-state index contributed by atoms with van der Waals surface area (Å²) in [5.74, 6) is -1.57. The molecule has 0 rings (SSSR count). The van der Waals surface area contributed by atoms with Crippen molar-refractivity contribution in [2.45, 2.75) is 39.5 Å². The van der Waals surface area contributed by atoms with Crippen LogP contribution in [0.5, 0.6) is 0 Å². The number of hydrogen-bond donors (Lipinski definition) is 0. The number of carbonyl (C=O) groups is 3. The van der Waals surface area contributed by atoms with Gasteiger partial charge in [0.1, 0.15) is 18.8 Å². The molecular weight excluding hydrogens is 303 g/mol. The first-order valence-corrected chi connectivity index (χ1v) is 7.92. The monoisotopic (exact) mass is 322 g/mol. The third-order valence-corrected chi connectivity index (χ3v) is 2.80. The van der Waals surface area contributed by atoms with E-state index in [9.17, 15) is 28.7 Å². The van der Waals surface area contributed by atoms with Crippen molar-refractivity contribution in [3.63, 3.8) is 0 Å². The number of rotatable bonds is 11. The molecule has 0 aromatic heterocycles. The molecule has 0 saturated carbocycles. The van der Waals surface area contributed by atoms with Crippen molar-refractivity contribution in [3.05, 3.63) is 0 Å². The number of phosphoric ester groups is 1. The van der Waals surface area contributed by atoms with E-state index in [0.29, 0.717) is 12.3 Å². The SMILES string of the molecule is CC(C)CCCC(=O)CC(=O)OCC(=O)COP(=O)([O-])[O-]. The molecule has 0 saturated heterocycles. The van der Waals surface area contributed by atoms with Gasteiger partial charge in [0.2, 0.25) is 0 Å². The average molecular weight is 322 g/mol. The van der Waals surface area contributed by atoms with E-state index in [4.69, 9.17) is 0 Å². The molecule has 0 amide bonds. The van der Waals surface area contributed by atoms with E-state index in [1.165, 1.54) is 0 Å². The van der Waals surface area contributed by atoms with Gasteiger partial charge in [0.25, 0.3) is 0 Å². The van der Waals surface area contributed by atoms with Crippen LogP contribution in [0, 0.1) is 5.92 Å². The first kappa shape index (κ1) is 19.9. The van der Waals surface area contributed by atoms with Crippen LogP contribution in [0.25, 0.3) is 0 Å². The summed E-state index contributed by atoms with van der Waals surface area (Å²) in [6, 6.07) is 0. The van der Waals surface area contributed by atoms with E-state index in [-0.39, 0.29) is 12.2 Å². The largest absolute Gasteiger partial charge is 0.790 e. The molecule has 0 radical (unpaired) electrons. The summed E-state index contributed by atoms with van der Waals surface area (Å²) in [6.07, 6.45) is 1.38. The van der Waals surface area contributed by atoms with E-state index < -0.39 is 39.2 Å². The molecule has 0 aromatic carbocycles. The number of ether oxygens (including phenoxy) is 1. The maximum atomic E-state index is 11.4. The Morgan fingerprint density at radius 1 is 1.10 bits per heavy atom. The molecule has 0 heterocycles. The third-order valence-electron chi connectivity index (χ3n) is 2.36. The molecule has 0 atom stereocenters. The standard InChI is InChI=1S/C12H21O8P/c1-9(2)4-3-5-10(13)6-12(15)19-7-11(14)8-20-21(16,17)18/h9H,3-8H2,1-2H3,(H2,16,17,18)/p-2. The summed E-state index contributed by atoms with van der Waals surface area (Å²) in [5.41, 5.74) is 0. The summed E-state index contributed by atoms with van der Waals surface area (Å²) in [6.45, 7) is 2.32. The summed E-state index contributed by atoms with van der Waals surface area (Å²) >= 11 is 0. The number of phosphoric acid groups is 1. The van der Waals surface area contributed by atoms with Crippen molar-refractivity contribution in [2.24, 2.45) is 5.92 Å². The Balaban J connectivity index is 3.81. The van der Waals surface area contributed by atoms with Crippen molar-refractivity contribution in [1.82, 2.24) is 0 Å². The second-order valence-electron chi connectivity index (χ2n) is 4.92. The molecule has 0 aliphatic carbocycles. The zero-order valence-electron chi connectivity index (χ0n) is 12.0. The number of esters is 1. The lowest BCUT2D eigenvalue weighted by Gasteiger charge is -2.27. The van der Waals surface area contributed by atoms with Crippen LogP contribution in [0.4, 0.5) is 0 Å². The van der Waals surface area contributed by atoms with Crippen molar-refractivity contribution in [1.29, 1.82) is 0 Å². The average Bonchev–Trinajstić information content (AvgIpc) is 2.32. The molecule has 0 spiro atoms. The highest BCUT2D eigenvalue weighted by Gasteiger charge is 2.13. The lowest BCUT2D eigenvalue weighted by molar-refractivity contribution is -0.341. The Hall–Kier alpha value is -1.08. The normalized spacial score (nSPS) is 11.5.